The van der Waals surface area contributed by atoms with Gasteiger partial charge in [-0.2, -0.15) is 17.9 Å². The Bertz CT molecular complexity index is 843. The van der Waals surface area contributed by atoms with E-state index in [1.165, 1.54) is 5.56 Å². The molecule has 0 amide bonds. The standard InChI is InChI=1S/C17H15N3S/c1-12-5-6-16-15(7-12)19-17(11-21)20(16)10-14-4-2-3-13(8-14)9-18/h2-8,21H,10-11H2,1H3. The van der Waals surface area contributed by atoms with Crippen LogP contribution in [0, 0.1) is 18.3 Å². The SMILES string of the molecule is Cc1ccc2c(c1)nc(CS)n2Cc1cccc(C#N)c1. The van der Waals surface area contributed by atoms with Crippen molar-refractivity contribution in [3.8, 4) is 6.07 Å². The normalized spacial score (nSPS) is 10.7. The third kappa shape index (κ3) is 2.65. The fourth-order valence-electron chi connectivity index (χ4n) is 2.51. The summed E-state index contributed by atoms with van der Waals surface area (Å²) in [5, 5.41) is 9.01. The van der Waals surface area contributed by atoms with Gasteiger partial charge >= 0.3 is 0 Å². The van der Waals surface area contributed by atoms with Crippen LogP contribution in [0.1, 0.15) is 22.5 Å². The van der Waals surface area contributed by atoms with E-state index in [1.54, 1.807) is 0 Å². The van der Waals surface area contributed by atoms with E-state index >= 15 is 0 Å². The third-order valence-electron chi connectivity index (χ3n) is 3.52. The fourth-order valence-corrected chi connectivity index (χ4v) is 2.75. The average Bonchev–Trinajstić information content (AvgIpc) is 2.84. The van der Waals surface area contributed by atoms with Crippen LogP contribution in [0.3, 0.4) is 0 Å². The highest BCUT2D eigenvalue weighted by atomic mass is 32.1. The molecule has 0 N–H and O–H groups in total. The molecule has 0 unspecified atom stereocenters. The predicted molar refractivity (Wildman–Crippen MR) is 87.4 cm³/mol. The summed E-state index contributed by atoms with van der Waals surface area (Å²) in [4.78, 5) is 4.65. The number of aryl methyl sites for hydroxylation is 1. The molecule has 4 heteroatoms. The van der Waals surface area contributed by atoms with Gasteiger partial charge in [-0.25, -0.2) is 4.98 Å². The van der Waals surface area contributed by atoms with E-state index in [-0.39, 0.29) is 0 Å². The summed E-state index contributed by atoms with van der Waals surface area (Å²) >= 11 is 4.39. The molecule has 3 aromatic rings. The smallest absolute Gasteiger partial charge is 0.119 e. The zero-order valence-corrected chi connectivity index (χ0v) is 12.6. The van der Waals surface area contributed by atoms with Gasteiger partial charge in [-0.1, -0.05) is 18.2 Å². The van der Waals surface area contributed by atoms with Crippen LogP contribution < -0.4 is 0 Å². The van der Waals surface area contributed by atoms with Crippen molar-refractivity contribution in [3.63, 3.8) is 0 Å². The summed E-state index contributed by atoms with van der Waals surface area (Å²) in [6.07, 6.45) is 0. The second-order valence-corrected chi connectivity index (χ2v) is 5.39. The summed E-state index contributed by atoms with van der Waals surface area (Å²) in [5.74, 6) is 1.53. The Kier molecular flexibility index (Phi) is 3.68. The van der Waals surface area contributed by atoms with Crippen molar-refractivity contribution >= 4 is 23.7 Å². The van der Waals surface area contributed by atoms with Gasteiger partial charge in [-0.15, -0.1) is 0 Å². The number of benzene rings is 2. The molecule has 3 rings (SSSR count). The molecule has 0 aliphatic carbocycles. The second-order valence-electron chi connectivity index (χ2n) is 5.08. The zero-order chi connectivity index (χ0) is 14.8. The summed E-state index contributed by atoms with van der Waals surface area (Å²) in [6.45, 7) is 2.76. The number of thiol groups is 1. The first-order valence-corrected chi connectivity index (χ1v) is 7.40. The van der Waals surface area contributed by atoms with Gasteiger partial charge in [-0.3, -0.25) is 0 Å². The minimum absolute atomic E-state index is 0.589. The van der Waals surface area contributed by atoms with Crippen LogP contribution in [0.5, 0.6) is 0 Å². The first-order valence-electron chi connectivity index (χ1n) is 6.77. The van der Waals surface area contributed by atoms with E-state index in [1.807, 2.05) is 24.3 Å². The van der Waals surface area contributed by atoms with Crippen LogP contribution in [0.25, 0.3) is 11.0 Å². The molecule has 2 aromatic carbocycles. The maximum atomic E-state index is 9.01. The number of imidazole rings is 1. The van der Waals surface area contributed by atoms with Gasteiger partial charge in [0.25, 0.3) is 0 Å². The van der Waals surface area contributed by atoms with Crippen LogP contribution in [-0.4, -0.2) is 9.55 Å². The van der Waals surface area contributed by atoms with Gasteiger partial charge in [0.05, 0.1) is 22.7 Å². The monoisotopic (exact) mass is 293 g/mol. The van der Waals surface area contributed by atoms with Gasteiger partial charge < -0.3 is 4.57 Å². The molecule has 0 saturated carbocycles. The number of hydrogen-bond acceptors (Lipinski definition) is 3. The van der Waals surface area contributed by atoms with Crippen LogP contribution in [-0.2, 0) is 12.3 Å². The van der Waals surface area contributed by atoms with E-state index < -0.39 is 0 Å². The highest BCUT2D eigenvalue weighted by Crippen LogP contribution is 2.20. The third-order valence-corrected chi connectivity index (χ3v) is 3.80. The number of nitrogens with zero attached hydrogens (tertiary/aromatic N) is 3. The quantitative estimate of drug-likeness (QED) is 0.748. The maximum absolute atomic E-state index is 9.01. The molecule has 0 bridgehead atoms. The topological polar surface area (TPSA) is 41.6 Å². The Hall–Kier alpha value is -2.25. The molecule has 21 heavy (non-hydrogen) atoms. The van der Waals surface area contributed by atoms with E-state index in [0.29, 0.717) is 17.9 Å². The van der Waals surface area contributed by atoms with Crippen molar-refractivity contribution in [3.05, 3.63) is 65.0 Å². The number of aromatic nitrogens is 2. The number of nitriles is 1. The second kappa shape index (κ2) is 5.63. The highest BCUT2D eigenvalue weighted by Gasteiger charge is 2.10. The maximum Gasteiger partial charge on any atom is 0.119 e. The van der Waals surface area contributed by atoms with Crippen molar-refractivity contribution in [2.45, 2.75) is 19.2 Å². The fraction of sp³-hybridized carbons (Fsp3) is 0.176. The average molecular weight is 293 g/mol. The Balaban J connectivity index is 2.08. The minimum Gasteiger partial charge on any atom is -0.323 e. The lowest BCUT2D eigenvalue weighted by atomic mass is 10.1. The molecule has 1 heterocycles. The van der Waals surface area contributed by atoms with Crippen molar-refractivity contribution < 1.29 is 0 Å². The van der Waals surface area contributed by atoms with Gasteiger partial charge in [0.15, 0.2) is 0 Å². The summed E-state index contributed by atoms with van der Waals surface area (Å²) < 4.78 is 2.16. The summed E-state index contributed by atoms with van der Waals surface area (Å²) in [7, 11) is 0. The van der Waals surface area contributed by atoms with E-state index in [9.17, 15) is 0 Å². The highest BCUT2D eigenvalue weighted by molar-refractivity contribution is 7.79. The molecule has 0 spiro atoms. The minimum atomic E-state index is 0.589. The Morgan fingerprint density at radius 2 is 2.10 bits per heavy atom. The molecular formula is C17H15N3S. The predicted octanol–water partition coefficient (Wildman–Crippen LogP) is 3.69. The van der Waals surface area contributed by atoms with Crippen molar-refractivity contribution in [1.29, 1.82) is 5.26 Å². The van der Waals surface area contributed by atoms with Crippen molar-refractivity contribution in [2.75, 3.05) is 0 Å². The molecular weight excluding hydrogens is 278 g/mol. The van der Waals surface area contributed by atoms with Gasteiger partial charge in [0, 0.05) is 12.3 Å². The molecule has 0 aliphatic heterocycles. The Labute approximate surface area is 129 Å². The van der Waals surface area contributed by atoms with Crippen LogP contribution in [0.15, 0.2) is 42.5 Å². The van der Waals surface area contributed by atoms with Gasteiger partial charge in [0.1, 0.15) is 5.82 Å². The van der Waals surface area contributed by atoms with Crippen LogP contribution >= 0.6 is 12.6 Å². The lowest BCUT2D eigenvalue weighted by molar-refractivity contribution is 0.781. The molecule has 0 aliphatic rings. The lowest BCUT2D eigenvalue weighted by Gasteiger charge is -2.08. The van der Waals surface area contributed by atoms with E-state index in [0.717, 1.165) is 22.4 Å². The van der Waals surface area contributed by atoms with Crippen molar-refractivity contribution in [2.24, 2.45) is 0 Å². The Morgan fingerprint density at radius 1 is 1.24 bits per heavy atom. The molecule has 0 radical (unpaired) electrons. The van der Waals surface area contributed by atoms with Gasteiger partial charge in [0.2, 0.25) is 0 Å². The van der Waals surface area contributed by atoms with Gasteiger partial charge in [-0.05, 0) is 42.3 Å². The molecule has 1 aromatic heterocycles. The first-order chi connectivity index (χ1) is 10.2. The number of rotatable bonds is 3. The molecule has 0 saturated heterocycles. The molecule has 3 nitrogen and oxygen atoms in total. The molecule has 0 atom stereocenters. The number of hydrogen-bond donors (Lipinski definition) is 1. The summed E-state index contributed by atoms with van der Waals surface area (Å²) in [6, 6.07) is 16.1. The summed E-state index contributed by atoms with van der Waals surface area (Å²) in [5.41, 5.74) is 5.07. The van der Waals surface area contributed by atoms with Crippen LogP contribution in [0.4, 0.5) is 0 Å². The van der Waals surface area contributed by atoms with Crippen molar-refractivity contribution in [1.82, 2.24) is 9.55 Å². The zero-order valence-electron chi connectivity index (χ0n) is 11.7. The van der Waals surface area contributed by atoms with Crippen LogP contribution in [0.2, 0.25) is 0 Å². The van der Waals surface area contributed by atoms with E-state index in [2.05, 4.69) is 53.4 Å². The lowest BCUT2D eigenvalue weighted by Crippen LogP contribution is -2.04. The molecule has 104 valence electrons. The number of fused-ring (bicyclic) bond motifs is 1. The molecule has 0 fully saturated rings. The van der Waals surface area contributed by atoms with E-state index in [4.69, 9.17) is 5.26 Å². The Morgan fingerprint density at radius 3 is 2.86 bits per heavy atom. The first kappa shape index (κ1) is 13.7. The largest absolute Gasteiger partial charge is 0.323 e.